The van der Waals surface area contributed by atoms with Gasteiger partial charge in [-0.15, -0.1) is 0 Å². The lowest BCUT2D eigenvalue weighted by Crippen LogP contribution is -2.69. The first-order valence-corrected chi connectivity index (χ1v) is 17.9. The van der Waals surface area contributed by atoms with Crippen LogP contribution in [0.5, 0.6) is 11.5 Å². The van der Waals surface area contributed by atoms with E-state index in [2.05, 4.69) is 144 Å². The largest absolute Gasteiger partial charge is 0.494 e. The lowest BCUT2D eigenvalue weighted by Gasteiger charge is -2.34. The molecule has 0 bridgehead atoms. The summed E-state index contributed by atoms with van der Waals surface area (Å²) < 4.78 is 14.0. The van der Waals surface area contributed by atoms with E-state index < -0.39 is 8.07 Å². The van der Waals surface area contributed by atoms with Gasteiger partial charge in [0.15, 0.2) is 8.07 Å². The van der Waals surface area contributed by atoms with Crippen LogP contribution in [0.3, 0.4) is 0 Å². The van der Waals surface area contributed by atoms with Gasteiger partial charge in [0.2, 0.25) is 6.71 Å². The standard InChI is InChI=1S/C26H28N2O2Si.C13H13B/c1-3-29-22-10-8-14-25(18-22)31(21-28-17-16-27-20-28,24-12-6-5-7-13-24)26-15-9-11-23(19-26)30-4-2;1-14(12-8-4-2-5-9-12)13-10-6-3-7-11-13/h5-20H,3-4,21H2,1-2H3;2-11H,1H3. The maximum absolute atomic E-state index is 5.89. The average Bonchev–Trinajstić information content (AvgIpc) is 3.62. The third-order valence-electron chi connectivity index (χ3n) is 8.12. The first-order valence-electron chi connectivity index (χ1n) is 15.7. The van der Waals surface area contributed by atoms with Gasteiger partial charge in [0, 0.05) is 18.6 Å². The Hall–Kier alpha value is -4.81. The van der Waals surface area contributed by atoms with Crippen molar-refractivity contribution in [2.24, 2.45) is 0 Å². The minimum absolute atomic E-state index is 0.484. The molecule has 0 unspecified atom stereocenters. The van der Waals surface area contributed by atoms with Gasteiger partial charge in [0.25, 0.3) is 0 Å². The van der Waals surface area contributed by atoms with Gasteiger partial charge in [-0.05, 0) is 53.7 Å². The van der Waals surface area contributed by atoms with Crippen molar-refractivity contribution >= 4 is 41.3 Å². The first kappa shape index (κ1) is 31.6. The molecule has 0 atom stereocenters. The van der Waals surface area contributed by atoms with Crippen LogP contribution in [0.4, 0.5) is 0 Å². The molecule has 6 aromatic rings. The molecule has 1 heterocycles. The molecule has 0 aliphatic rings. The fourth-order valence-corrected chi connectivity index (χ4v) is 10.4. The summed E-state index contributed by atoms with van der Waals surface area (Å²) in [4.78, 5) is 4.32. The second kappa shape index (κ2) is 15.8. The molecule has 0 saturated heterocycles. The summed E-state index contributed by atoms with van der Waals surface area (Å²) in [6, 6.07) is 49.2. The second-order valence-electron chi connectivity index (χ2n) is 11.0. The van der Waals surface area contributed by atoms with Gasteiger partial charge in [0.1, 0.15) is 11.5 Å². The molecule has 0 radical (unpaired) electrons. The molecule has 45 heavy (non-hydrogen) atoms. The number of benzene rings is 5. The van der Waals surface area contributed by atoms with Crippen molar-refractivity contribution in [3.63, 3.8) is 0 Å². The Morgan fingerprint density at radius 1 is 0.600 bits per heavy atom. The number of rotatable bonds is 11. The van der Waals surface area contributed by atoms with Gasteiger partial charge >= 0.3 is 0 Å². The number of hydrogen-bond acceptors (Lipinski definition) is 3. The molecule has 0 aliphatic heterocycles. The maximum atomic E-state index is 5.89. The van der Waals surface area contributed by atoms with Crippen molar-refractivity contribution in [1.82, 2.24) is 9.55 Å². The first-order chi connectivity index (χ1) is 22.1. The van der Waals surface area contributed by atoms with Crippen molar-refractivity contribution in [2.75, 3.05) is 13.2 Å². The molecular formula is C39H41BN2O2Si. The highest BCUT2D eigenvalue weighted by Crippen LogP contribution is 2.18. The zero-order valence-corrected chi connectivity index (χ0v) is 27.4. The van der Waals surface area contributed by atoms with Crippen LogP contribution >= 0.6 is 0 Å². The van der Waals surface area contributed by atoms with Crippen LogP contribution in [-0.4, -0.2) is 37.6 Å². The highest BCUT2D eigenvalue weighted by Gasteiger charge is 2.40. The quantitative estimate of drug-likeness (QED) is 0.148. The number of aromatic nitrogens is 2. The average molecular weight is 609 g/mol. The lowest BCUT2D eigenvalue weighted by molar-refractivity contribution is 0.340. The van der Waals surface area contributed by atoms with Crippen LogP contribution in [-0.2, 0) is 6.17 Å². The van der Waals surface area contributed by atoms with Crippen LogP contribution < -0.4 is 36.0 Å². The summed E-state index contributed by atoms with van der Waals surface area (Å²) in [7, 11) is -2.49. The Labute approximate surface area is 269 Å². The number of nitrogens with zero attached hydrogens (tertiary/aromatic N) is 2. The smallest absolute Gasteiger partial charge is 0.206 e. The topological polar surface area (TPSA) is 36.3 Å². The summed E-state index contributed by atoms with van der Waals surface area (Å²) in [5, 5.41) is 3.94. The maximum Gasteiger partial charge on any atom is 0.206 e. The Morgan fingerprint density at radius 3 is 1.51 bits per heavy atom. The van der Waals surface area contributed by atoms with Crippen molar-refractivity contribution in [2.45, 2.75) is 26.8 Å². The van der Waals surface area contributed by atoms with Gasteiger partial charge in [-0.1, -0.05) is 133 Å². The molecule has 0 amide bonds. The Morgan fingerprint density at radius 2 is 1.07 bits per heavy atom. The molecule has 226 valence electrons. The Balaban J connectivity index is 0.000000238. The number of ether oxygens (including phenoxy) is 2. The molecule has 5 aromatic carbocycles. The molecule has 4 nitrogen and oxygen atoms in total. The zero-order chi connectivity index (χ0) is 31.3. The molecule has 0 N–H and O–H groups in total. The fourth-order valence-electron chi connectivity index (χ4n) is 5.86. The van der Waals surface area contributed by atoms with E-state index in [1.165, 1.54) is 26.5 Å². The predicted molar refractivity (Wildman–Crippen MR) is 192 cm³/mol. The van der Waals surface area contributed by atoms with E-state index in [9.17, 15) is 0 Å². The van der Waals surface area contributed by atoms with Gasteiger partial charge in [-0.2, -0.15) is 0 Å². The van der Waals surface area contributed by atoms with Crippen molar-refractivity contribution in [3.05, 3.63) is 158 Å². The molecule has 0 spiro atoms. The third-order valence-corrected chi connectivity index (χ3v) is 12.9. The van der Waals surface area contributed by atoms with E-state index in [1.54, 1.807) is 0 Å². The second-order valence-corrected chi connectivity index (χ2v) is 14.8. The van der Waals surface area contributed by atoms with E-state index in [1.807, 2.05) is 44.7 Å². The van der Waals surface area contributed by atoms with Crippen molar-refractivity contribution in [1.29, 1.82) is 0 Å². The summed E-state index contributed by atoms with van der Waals surface area (Å²) in [5.41, 5.74) is 2.75. The van der Waals surface area contributed by atoms with Gasteiger partial charge in [-0.25, -0.2) is 4.98 Å². The molecule has 0 aliphatic carbocycles. The molecule has 1 aromatic heterocycles. The SMILES string of the molecule is CB(c1ccccc1)c1ccccc1.CCOc1cccc([Si](Cn2ccnc2)(c2ccccc2)c2cccc(OCC)c2)c1. The Kier molecular flexibility index (Phi) is 11.1. The minimum Gasteiger partial charge on any atom is -0.494 e. The highest BCUT2D eigenvalue weighted by molar-refractivity contribution is 7.10. The molecular weight excluding hydrogens is 567 g/mol. The normalized spacial score (nSPS) is 10.8. The van der Waals surface area contributed by atoms with E-state index in [4.69, 9.17) is 9.47 Å². The zero-order valence-electron chi connectivity index (χ0n) is 26.4. The highest BCUT2D eigenvalue weighted by atomic mass is 28.3. The summed E-state index contributed by atoms with van der Waals surface area (Å²) in [6.07, 6.45) is 6.63. The lowest BCUT2D eigenvalue weighted by atomic mass is 9.43. The van der Waals surface area contributed by atoms with Crippen molar-refractivity contribution < 1.29 is 9.47 Å². The van der Waals surface area contributed by atoms with Crippen LogP contribution in [0.25, 0.3) is 0 Å². The Bertz CT molecular complexity index is 1630. The summed E-state index contributed by atoms with van der Waals surface area (Å²) >= 11 is 0. The minimum atomic E-state index is -2.49. The van der Waals surface area contributed by atoms with E-state index in [0.717, 1.165) is 17.7 Å². The molecule has 0 saturated carbocycles. The van der Waals surface area contributed by atoms with Crippen LogP contribution in [0.15, 0.2) is 158 Å². The number of hydrogen-bond donors (Lipinski definition) is 0. The molecule has 6 rings (SSSR count). The van der Waals surface area contributed by atoms with Gasteiger partial charge < -0.3 is 14.0 Å². The predicted octanol–water partition coefficient (Wildman–Crippen LogP) is 5.32. The van der Waals surface area contributed by atoms with Crippen LogP contribution in [0, 0.1) is 0 Å². The summed E-state index contributed by atoms with van der Waals surface area (Å²) in [5.74, 6) is 1.80. The molecule has 0 fully saturated rings. The fraction of sp³-hybridized carbons (Fsp3) is 0.154. The van der Waals surface area contributed by atoms with Crippen LogP contribution in [0.1, 0.15) is 13.8 Å². The number of imidazole rings is 1. The molecule has 6 heteroatoms. The van der Waals surface area contributed by atoms with E-state index in [0.29, 0.717) is 19.9 Å². The van der Waals surface area contributed by atoms with Crippen molar-refractivity contribution in [3.8, 4) is 11.5 Å². The van der Waals surface area contributed by atoms with Gasteiger partial charge in [0.05, 0.1) is 19.5 Å². The van der Waals surface area contributed by atoms with E-state index in [-0.39, 0.29) is 0 Å². The third kappa shape index (κ3) is 7.83. The summed E-state index contributed by atoms with van der Waals surface area (Å²) in [6.45, 7) is 8.05. The van der Waals surface area contributed by atoms with Gasteiger partial charge in [-0.3, -0.25) is 0 Å². The van der Waals surface area contributed by atoms with E-state index >= 15 is 0 Å². The van der Waals surface area contributed by atoms with Crippen LogP contribution in [0.2, 0.25) is 6.82 Å². The monoisotopic (exact) mass is 608 g/mol.